The highest BCUT2D eigenvalue weighted by Gasteiger charge is 2.12. The van der Waals surface area contributed by atoms with Gasteiger partial charge in [0.15, 0.2) is 11.8 Å². The van der Waals surface area contributed by atoms with Gasteiger partial charge in [0, 0.05) is 20.1 Å². The summed E-state index contributed by atoms with van der Waals surface area (Å²) in [6.45, 7) is 5.03. The molecule has 0 aliphatic heterocycles. The van der Waals surface area contributed by atoms with Crippen LogP contribution in [0, 0.1) is 0 Å². The van der Waals surface area contributed by atoms with Gasteiger partial charge in [0.1, 0.15) is 6.33 Å². The van der Waals surface area contributed by atoms with Crippen LogP contribution in [0.4, 0.5) is 0 Å². The fraction of sp³-hybridized carbons (Fsp3) is 0.812. The van der Waals surface area contributed by atoms with Crippen LogP contribution >= 0.6 is 0 Å². The monoisotopic (exact) mass is 322 g/mol. The van der Waals surface area contributed by atoms with Crippen LogP contribution in [-0.4, -0.2) is 47.0 Å². The van der Waals surface area contributed by atoms with Crippen molar-refractivity contribution in [1.29, 1.82) is 0 Å². The number of rotatable bonds is 7. The smallest absolute Gasteiger partial charge is 0.191 e. The zero-order valence-electron chi connectivity index (χ0n) is 14.4. The Kier molecular flexibility index (Phi) is 7.86. The molecule has 0 spiro atoms. The molecule has 0 aromatic carbocycles. The highest BCUT2D eigenvalue weighted by molar-refractivity contribution is 5.79. The predicted octanol–water partition coefficient (Wildman–Crippen LogP) is 1.70. The number of hydrogen-bond acceptors (Lipinski definition) is 4. The minimum absolute atomic E-state index is 0.442. The average Bonchev–Trinajstić information content (AvgIpc) is 2.88. The number of nitrogens with one attached hydrogen (secondary N) is 2. The van der Waals surface area contributed by atoms with E-state index in [1.165, 1.54) is 38.5 Å². The lowest BCUT2D eigenvalue weighted by Gasteiger charge is -2.16. The number of guanidine groups is 1. The molecule has 7 heteroatoms. The molecule has 2 rings (SSSR count). The zero-order chi connectivity index (χ0) is 16.3. The lowest BCUT2D eigenvalue weighted by atomic mass is 10.1. The SMILES string of the molecule is CCn1cnnc1CNC(=NC)NCCOC1CCCCCC1. The van der Waals surface area contributed by atoms with Gasteiger partial charge in [-0.2, -0.15) is 0 Å². The van der Waals surface area contributed by atoms with Gasteiger partial charge in [-0.1, -0.05) is 25.7 Å². The quantitative estimate of drug-likeness (QED) is 0.346. The third-order valence-corrected chi connectivity index (χ3v) is 4.22. The highest BCUT2D eigenvalue weighted by atomic mass is 16.5. The van der Waals surface area contributed by atoms with Gasteiger partial charge >= 0.3 is 0 Å². The van der Waals surface area contributed by atoms with Crippen LogP contribution in [0.15, 0.2) is 11.3 Å². The lowest BCUT2D eigenvalue weighted by Crippen LogP contribution is -2.39. The van der Waals surface area contributed by atoms with E-state index in [-0.39, 0.29) is 0 Å². The van der Waals surface area contributed by atoms with Gasteiger partial charge in [0.05, 0.1) is 19.3 Å². The van der Waals surface area contributed by atoms with Crippen molar-refractivity contribution in [3.8, 4) is 0 Å². The summed E-state index contributed by atoms with van der Waals surface area (Å²) in [6, 6.07) is 0. The molecule has 1 aliphatic carbocycles. The van der Waals surface area contributed by atoms with E-state index in [0.29, 0.717) is 12.6 Å². The van der Waals surface area contributed by atoms with Crippen molar-refractivity contribution in [1.82, 2.24) is 25.4 Å². The molecular formula is C16H30N6O. The zero-order valence-corrected chi connectivity index (χ0v) is 14.4. The van der Waals surface area contributed by atoms with Crippen LogP contribution in [0.5, 0.6) is 0 Å². The van der Waals surface area contributed by atoms with Crippen LogP contribution in [0.25, 0.3) is 0 Å². The number of aryl methyl sites for hydroxylation is 1. The van der Waals surface area contributed by atoms with Crippen molar-refractivity contribution in [3.05, 3.63) is 12.2 Å². The molecule has 1 aromatic rings. The van der Waals surface area contributed by atoms with Crippen molar-refractivity contribution in [2.75, 3.05) is 20.2 Å². The van der Waals surface area contributed by atoms with E-state index in [0.717, 1.165) is 31.5 Å². The maximum Gasteiger partial charge on any atom is 0.191 e. The molecule has 7 nitrogen and oxygen atoms in total. The molecule has 0 bridgehead atoms. The molecule has 0 saturated heterocycles. The van der Waals surface area contributed by atoms with Gasteiger partial charge < -0.3 is 19.9 Å². The molecule has 2 N–H and O–H groups in total. The molecule has 0 radical (unpaired) electrons. The summed E-state index contributed by atoms with van der Waals surface area (Å²) in [4.78, 5) is 4.22. The second-order valence-electron chi connectivity index (χ2n) is 5.87. The second-order valence-corrected chi connectivity index (χ2v) is 5.87. The van der Waals surface area contributed by atoms with E-state index >= 15 is 0 Å². The number of aromatic nitrogens is 3. The van der Waals surface area contributed by atoms with Crippen molar-refractivity contribution < 1.29 is 4.74 Å². The Balaban J connectivity index is 1.63. The summed E-state index contributed by atoms with van der Waals surface area (Å²) >= 11 is 0. The molecule has 0 unspecified atom stereocenters. The van der Waals surface area contributed by atoms with Crippen molar-refractivity contribution in [2.45, 2.75) is 64.6 Å². The first-order valence-corrected chi connectivity index (χ1v) is 8.76. The maximum absolute atomic E-state index is 5.97. The second kappa shape index (κ2) is 10.2. The third kappa shape index (κ3) is 6.17. The van der Waals surface area contributed by atoms with E-state index in [4.69, 9.17) is 4.74 Å². The van der Waals surface area contributed by atoms with Gasteiger partial charge in [-0.05, 0) is 19.8 Å². The van der Waals surface area contributed by atoms with Crippen LogP contribution < -0.4 is 10.6 Å². The Labute approximate surface area is 138 Å². The molecule has 23 heavy (non-hydrogen) atoms. The Morgan fingerprint density at radius 1 is 1.30 bits per heavy atom. The van der Waals surface area contributed by atoms with Gasteiger partial charge in [-0.15, -0.1) is 10.2 Å². The predicted molar refractivity (Wildman–Crippen MR) is 91.3 cm³/mol. The van der Waals surface area contributed by atoms with Gasteiger partial charge in [-0.25, -0.2) is 0 Å². The topological polar surface area (TPSA) is 76.4 Å². The van der Waals surface area contributed by atoms with Crippen LogP contribution in [-0.2, 0) is 17.8 Å². The number of hydrogen-bond donors (Lipinski definition) is 2. The van der Waals surface area contributed by atoms with Crippen LogP contribution in [0.3, 0.4) is 0 Å². The molecule has 0 amide bonds. The maximum atomic E-state index is 5.97. The average molecular weight is 322 g/mol. The van der Waals surface area contributed by atoms with E-state index in [9.17, 15) is 0 Å². The summed E-state index contributed by atoms with van der Waals surface area (Å²) in [5.41, 5.74) is 0. The first kappa shape index (κ1) is 17.7. The number of ether oxygens (including phenoxy) is 1. The van der Waals surface area contributed by atoms with E-state index in [1.54, 1.807) is 13.4 Å². The summed E-state index contributed by atoms with van der Waals surface area (Å²) in [7, 11) is 1.77. The number of aliphatic imine (C=N–C) groups is 1. The van der Waals surface area contributed by atoms with Gasteiger partial charge in [-0.3, -0.25) is 4.99 Å². The first-order valence-electron chi connectivity index (χ1n) is 8.76. The number of nitrogens with zero attached hydrogens (tertiary/aromatic N) is 4. The first-order chi connectivity index (χ1) is 11.3. The largest absolute Gasteiger partial charge is 0.376 e. The fourth-order valence-electron chi connectivity index (χ4n) is 2.87. The molecule has 1 fully saturated rings. The van der Waals surface area contributed by atoms with E-state index < -0.39 is 0 Å². The normalized spacial score (nSPS) is 17.0. The molecular weight excluding hydrogens is 292 g/mol. The van der Waals surface area contributed by atoms with Crippen LogP contribution in [0.2, 0.25) is 0 Å². The minimum atomic E-state index is 0.442. The lowest BCUT2D eigenvalue weighted by molar-refractivity contribution is 0.0468. The van der Waals surface area contributed by atoms with E-state index in [2.05, 4.69) is 32.7 Å². The molecule has 1 heterocycles. The Bertz CT molecular complexity index is 465. The molecule has 1 saturated carbocycles. The van der Waals surface area contributed by atoms with Crippen LogP contribution in [0.1, 0.15) is 51.3 Å². The summed E-state index contributed by atoms with van der Waals surface area (Å²) < 4.78 is 7.98. The molecule has 0 atom stereocenters. The summed E-state index contributed by atoms with van der Waals surface area (Å²) in [6.07, 6.45) is 9.93. The molecule has 1 aliphatic rings. The fourth-order valence-corrected chi connectivity index (χ4v) is 2.87. The van der Waals surface area contributed by atoms with E-state index in [1.807, 2.05) is 4.57 Å². The Morgan fingerprint density at radius 2 is 2.09 bits per heavy atom. The van der Waals surface area contributed by atoms with Gasteiger partial charge in [0.2, 0.25) is 0 Å². The summed E-state index contributed by atoms with van der Waals surface area (Å²) in [5, 5.41) is 14.6. The molecule has 1 aromatic heterocycles. The highest BCUT2D eigenvalue weighted by Crippen LogP contribution is 2.19. The standard InChI is InChI=1S/C16H30N6O/c1-3-22-13-20-21-15(22)12-19-16(17-2)18-10-11-23-14-8-6-4-5-7-9-14/h13-14H,3-12H2,1-2H3,(H2,17,18,19). The van der Waals surface area contributed by atoms with Crippen molar-refractivity contribution in [3.63, 3.8) is 0 Å². The Morgan fingerprint density at radius 3 is 2.78 bits per heavy atom. The van der Waals surface area contributed by atoms with Crippen molar-refractivity contribution >= 4 is 5.96 Å². The minimum Gasteiger partial charge on any atom is -0.376 e. The summed E-state index contributed by atoms with van der Waals surface area (Å²) in [5.74, 6) is 1.67. The Hall–Kier alpha value is -1.63. The van der Waals surface area contributed by atoms with Gasteiger partial charge in [0.25, 0.3) is 0 Å². The third-order valence-electron chi connectivity index (χ3n) is 4.22. The van der Waals surface area contributed by atoms with Crippen molar-refractivity contribution in [2.24, 2.45) is 4.99 Å². The molecule has 130 valence electrons.